The second kappa shape index (κ2) is 6.63. The average molecular weight is 291 g/mol. The molecule has 0 unspecified atom stereocenters. The molecular weight excluding hydrogens is 279 g/mol. The Labute approximate surface area is 115 Å². The van der Waals surface area contributed by atoms with Gasteiger partial charge < -0.3 is 22.1 Å². The third kappa shape index (κ3) is 4.29. The Morgan fingerprint density at radius 1 is 1.00 bits per heavy atom. The molecule has 1 N–H and O–H groups in total. The van der Waals surface area contributed by atoms with Crippen molar-refractivity contribution in [2.75, 3.05) is 0 Å². The molecular formula is C13H12ClF3NO-. The number of halogens is 4. The molecule has 0 aliphatic heterocycles. The molecule has 104 valence electrons. The lowest BCUT2D eigenvalue weighted by Gasteiger charge is -2.12. The first kappa shape index (κ1) is 15.6. The van der Waals surface area contributed by atoms with E-state index in [1.165, 1.54) is 18.4 Å². The highest BCUT2D eigenvalue weighted by atomic mass is 35.5. The Morgan fingerprint density at radius 2 is 1.74 bits per heavy atom. The number of furan rings is 1. The van der Waals surface area contributed by atoms with Crippen molar-refractivity contribution in [3.8, 4) is 0 Å². The van der Waals surface area contributed by atoms with Crippen molar-refractivity contribution < 1.29 is 30.0 Å². The highest BCUT2D eigenvalue weighted by Crippen LogP contribution is 2.31. The molecule has 0 aliphatic carbocycles. The van der Waals surface area contributed by atoms with Crippen LogP contribution in [0.2, 0.25) is 0 Å². The molecule has 1 heterocycles. The minimum atomic E-state index is -4.32. The molecule has 0 amide bonds. The first-order valence-electron chi connectivity index (χ1n) is 5.45. The van der Waals surface area contributed by atoms with E-state index in [9.17, 15) is 13.2 Å². The molecule has 0 saturated heterocycles. The van der Waals surface area contributed by atoms with Gasteiger partial charge in [0.2, 0.25) is 0 Å². The SMILES string of the molecule is FC(F)(F)c1ccccc1CNCc1ccco1.[Cl-]. The van der Waals surface area contributed by atoms with Crippen LogP contribution in [0, 0.1) is 0 Å². The highest BCUT2D eigenvalue weighted by Gasteiger charge is 2.32. The maximum atomic E-state index is 12.7. The van der Waals surface area contributed by atoms with Gasteiger partial charge in [-0.15, -0.1) is 0 Å². The molecule has 1 aromatic carbocycles. The zero-order chi connectivity index (χ0) is 13.0. The second-order valence-corrected chi connectivity index (χ2v) is 3.84. The summed E-state index contributed by atoms with van der Waals surface area (Å²) in [7, 11) is 0. The molecule has 2 nitrogen and oxygen atoms in total. The Bertz CT molecular complexity index is 497. The first-order valence-corrected chi connectivity index (χ1v) is 5.45. The van der Waals surface area contributed by atoms with Crippen molar-refractivity contribution in [1.29, 1.82) is 0 Å². The van der Waals surface area contributed by atoms with Crippen molar-refractivity contribution in [3.63, 3.8) is 0 Å². The minimum Gasteiger partial charge on any atom is -1.00 e. The van der Waals surface area contributed by atoms with Crippen molar-refractivity contribution in [1.82, 2.24) is 5.32 Å². The smallest absolute Gasteiger partial charge is 0.416 e. The summed E-state index contributed by atoms with van der Waals surface area (Å²) >= 11 is 0. The number of nitrogens with one attached hydrogen (secondary N) is 1. The van der Waals surface area contributed by atoms with Crippen LogP contribution >= 0.6 is 0 Å². The van der Waals surface area contributed by atoms with E-state index in [0.29, 0.717) is 12.3 Å². The standard InChI is InChI=1S/C13H12F3NO.ClH/c14-13(15,16)12-6-2-1-4-10(12)8-17-9-11-5-3-7-18-11;/h1-7,17H,8-9H2;1H/p-1. The molecule has 19 heavy (non-hydrogen) atoms. The summed E-state index contributed by atoms with van der Waals surface area (Å²) < 4.78 is 43.2. The monoisotopic (exact) mass is 290 g/mol. The topological polar surface area (TPSA) is 25.2 Å². The van der Waals surface area contributed by atoms with Gasteiger partial charge in [0, 0.05) is 6.54 Å². The Hall–Kier alpha value is -1.46. The van der Waals surface area contributed by atoms with Gasteiger partial charge in [-0.3, -0.25) is 0 Å². The van der Waals surface area contributed by atoms with Crippen LogP contribution in [0.25, 0.3) is 0 Å². The minimum absolute atomic E-state index is 0. The summed E-state index contributed by atoms with van der Waals surface area (Å²) in [4.78, 5) is 0. The Kier molecular flexibility index (Phi) is 5.44. The molecule has 2 rings (SSSR count). The fraction of sp³-hybridized carbons (Fsp3) is 0.231. The molecule has 0 aliphatic rings. The van der Waals surface area contributed by atoms with Gasteiger partial charge in [-0.1, -0.05) is 18.2 Å². The van der Waals surface area contributed by atoms with Crippen molar-refractivity contribution >= 4 is 0 Å². The van der Waals surface area contributed by atoms with Gasteiger partial charge in [0.05, 0.1) is 18.4 Å². The highest BCUT2D eigenvalue weighted by molar-refractivity contribution is 5.29. The fourth-order valence-corrected chi connectivity index (χ4v) is 1.68. The number of rotatable bonds is 4. The summed E-state index contributed by atoms with van der Waals surface area (Å²) in [5.74, 6) is 0.694. The van der Waals surface area contributed by atoms with Crippen molar-refractivity contribution in [2.45, 2.75) is 19.3 Å². The maximum Gasteiger partial charge on any atom is 0.416 e. The lowest BCUT2D eigenvalue weighted by Crippen LogP contribution is -3.00. The van der Waals surface area contributed by atoms with Gasteiger partial charge in [0.15, 0.2) is 0 Å². The summed E-state index contributed by atoms with van der Waals surface area (Å²) in [6, 6.07) is 9.04. The summed E-state index contributed by atoms with van der Waals surface area (Å²) in [6.07, 6.45) is -2.79. The van der Waals surface area contributed by atoms with Crippen LogP contribution in [0.4, 0.5) is 13.2 Å². The van der Waals surface area contributed by atoms with E-state index >= 15 is 0 Å². The van der Waals surface area contributed by atoms with Gasteiger partial charge in [0.25, 0.3) is 0 Å². The predicted octanol–water partition coefficient (Wildman–Crippen LogP) is 0.592. The predicted molar refractivity (Wildman–Crippen MR) is 60.7 cm³/mol. The van der Waals surface area contributed by atoms with E-state index in [0.717, 1.165) is 6.07 Å². The third-order valence-electron chi connectivity index (χ3n) is 2.52. The molecule has 6 heteroatoms. The van der Waals surface area contributed by atoms with E-state index in [1.54, 1.807) is 18.2 Å². The molecule has 1 aromatic heterocycles. The number of benzene rings is 1. The molecule has 0 radical (unpaired) electrons. The molecule has 0 atom stereocenters. The molecule has 2 aromatic rings. The molecule has 0 fully saturated rings. The van der Waals surface area contributed by atoms with E-state index in [2.05, 4.69) is 5.32 Å². The molecule has 0 spiro atoms. The summed E-state index contributed by atoms with van der Waals surface area (Å²) in [6.45, 7) is 0.551. The lowest BCUT2D eigenvalue weighted by atomic mass is 10.1. The van der Waals surface area contributed by atoms with Gasteiger partial charge in [0.1, 0.15) is 5.76 Å². The van der Waals surface area contributed by atoms with Crippen LogP contribution in [-0.2, 0) is 19.3 Å². The summed E-state index contributed by atoms with van der Waals surface area (Å²) in [5.41, 5.74) is -0.367. The van der Waals surface area contributed by atoms with E-state index < -0.39 is 11.7 Å². The number of alkyl halides is 3. The Morgan fingerprint density at radius 3 is 2.37 bits per heavy atom. The van der Waals surface area contributed by atoms with Crippen LogP contribution in [0.3, 0.4) is 0 Å². The van der Waals surface area contributed by atoms with Crippen molar-refractivity contribution in [3.05, 3.63) is 59.5 Å². The number of hydrogen-bond donors (Lipinski definition) is 1. The first-order chi connectivity index (χ1) is 8.57. The maximum absolute atomic E-state index is 12.7. The normalized spacial score (nSPS) is 11.1. The van der Waals surface area contributed by atoms with E-state index in [4.69, 9.17) is 4.42 Å². The largest absolute Gasteiger partial charge is 1.00 e. The fourth-order valence-electron chi connectivity index (χ4n) is 1.68. The zero-order valence-electron chi connectivity index (χ0n) is 9.88. The average Bonchev–Trinajstić information content (AvgIpc) is 2.81. The zero-order valence-corrected chi connectivity index (χ0v) is 10.6. The second-order valence-electron chi connectivity index (χ2n) is 3.84. The van der Waals surface area contributed by atoms with Crippen molar-refractivity contribution in [2.24, 2.45) is 0 Å². The van der Waals surface area contributed by atoms with Gasteiger partial charge >= 0.3 is 6.18 Å². The molecule has 0 saturated carbocycles. The van der Waals surface area contributed by atoms with E-state index in [1.807, 2.05) is 0 Å². The third-order valence-corrected chi connectivity index (χ3v) is 2.52. The van der Waals surface area contributed by atoms with Gasteiger partial charge in [-0.2, -0.15) is 13.2 Å². The van der Waals surface area contributed by atoms with Crippen LogP contribution in [0.5, 0.6) is 0 Å². The molecule has 0 bridgehead atoms. The number of hydrogen-bond acceptors (Lipinski definition) is 2. The van der Waals surface area contributed by atoms with Gasteiger partial charge in [-0.25, -0.2) is 0 Å². The van der Waals surface area contributed by atoms with Crippen LogP contribution < -0.4 is 17.7 Å². The van der Waals surface area contributed by atoms with Crippen LogP contribution in [0.15, 0.2) is 47.1 Å². The van der Waals surface area contributed by atoms with Crippen LogP contribution in [-0.4, -0.2) is 0 Å². The summed E-state index contributed by atoms with van der Waals surface area (Å²) in [5, 5.41) is 2.92. The van der Waals surface area contributed by atoms with Gasteiger partial charge in [-0.05, 0) is 23.8 Å². The van der Waals surface area contributed by atoms with Crippen LogP contribution in [0.1, 0.15) is 16.9 Å². The Balaban J connectivity index is 0.00000180. The van der Waals surface area contributed by atoms with E-state index in [-0.39, 0.29) is 24.5 Å². The lowest BCUT2D eigenvalue weighted by molar-refractivity contribution is -0.138. The quantitative estimate of drug-likeness (QED) is 0.892.